The van der Waals surface area contributed by atoms with E-state index >= 15 is 0 Å². The summed E-state index contributed by atoms with van der Waals surface area (Å²) in [6.07, 6.45) is 4.20. The number of nitriles is 1. The van der Waals surface area contributed by atoms with Crippen molar-refractivity contribution in [3.05, 3.63) is 28.8 Å². The van der Waals surface area contributed by atoms with Gasteiger partial charge < -0.3 is 4.74 Å². The van der Waals surface area contributed by atoms with Crippen LogP contribution in [0, 0.1) is 17.2 Å². The molecular weight excluding hydrogens is 222 g/mol. The van der Waals surface area contributed by atoms with Crippen LogP contribution in [0.25, 0.3) is 0 Å². The molecule has 0 spiro atoms. The number of hydrogen-bond acceptors (Lipinski definition) is 2. The van der Waals surface area contributed by atoms with Gasteiger partial charge in [0, 0.05) is 10.6 Å². The highest BCUT2D eigenvalue weighted by Gasteiger charge is 2.18. The highest BCUT2D eigenvalue weighted by Crippen LogP contribution is 2.29. The number of ether oxygens (including phenoxy) is 1. The van der Waals surface area contributed by atoms with E-state index in [1.165, 1.54) is 19.3 Å². The quantitative estimate of drug-likeness (QED) is 0.799. The summed E-state index contributed by atoms with van der Waals surface area (Å²) in [6.45, 7) is 0.764. The van der Waals surface area contributed by atoms with Crippen molar-refractivity contribution in [3.63, 3.8) is 0 Å². The lowest BCUT2D eigenvalue weighted by Crippen LogP contribution is -2.19. The van der Waals surface area contributed by atoms with Crippen molar-refractivity contribution >= 4 is 11.6 Å². The van der Waals surface area contributed by atoms with Crippen LogP contribution in [0.4, 0.5) is 0 Å². The molecular formula is C13H14ClNO. The Kier molecular flexibility index (Phi) is 3.69. The Labute approximate surface area is 101 Å². The second kappa shape index (κ2) is 5.23. The summed E-state index contributed by atoms with van der Waals surface area (Å²) < 4.78 is 5.74. The molecule has 3 heteroatoms. The van der Waals surface area contributed by atoms with Crippen molar-refractivity contribution in [1.82, 2.24) is 0 Å². The number of nitrogens with zero attached hydrogens (tertiary/aromatic N) is 1. The third-order valence-electron chi connectivity index (χ3n) is 2.99. The first-order valence-corrected chi connectivity index (χ1v) is 5.95. The molecule has 1 fully saturated rings. The maximum atomic E-state index is 8.72. The minimum Gasteiger partial charge on any atom is -0.493 e. The molecule has 2 nitrogen and oxygen atoms in total. The van der Waals surface area contributed by atoms with Crippen molar-refractivity contribution < 1.29 is 4.74 Å². The van der Waals surface area contributed by atoms with E-state index in [1.807, 2.05) is 6.07 Å². The first kappa shape index (κ1) is 11.3. The number of hydrogen-bond donors (Lipinski definition) is 0. The smallest absolute Gasteiger partial charge is 0.123 e. The molecule has 16 heavy (non-hydrogen) atoms. The second-order valence-corrected chi connectivity index (χ2v) is 4.63. The third-order valence-corrected chi connectivity index (χ3v) is 3.23. The Morgan fingerprint density at radius 2 is 2.25 bits per heavy atom. The van der Waals surface area contributed by atoms with Gasteiger partial charge in [0.05, 0.1) is 19.1 Å². The number of halogens is 1. The van der Waals surface area contributed by atoms with Crippen LogP contribution >= 0.6 is 11.6 Å². The zero-order valence-electron chi connectivity index (χ0n) is 9.08. The van der Waals surface area contributed by atoms with Crippen LogP contribution in [0.5, 0.6) is 5.75 Å². The van der Waals surface area contributed by atoms with Crippen LogP contribution in [0.15, 0.2) is 18.2 Å². The maximum Gasteiger partial charge on any atom is 0.123 e. The molecule has 1 aliphatic carbocycles. The summed E-state index contributed by atoms with van der Waals surface area (Å²) in [4.78, 5) is 0. The Bertz CT molecular complexity index is 407. The van der Waals surface area contributed by atoms with E-state index in [-0.39, 0.29) is 0 Å². The third kappa shape index (κ3) is 2.68. The van der Waals surface area contributed by atoms with Gasteiger partial charge in [0.15, 0.2) is 0 Å². The van der Waals surface area contributed by atoms with Gasteiger partial charge in [-0.2, -0.15) is 5.26 Å². The van der Waals surface area contributed by atoms with Crippen LogP contribution in [-0.4, -0.2) is 6.61 Å². The molecule has 0 saturated heterocycles. The fraction of sp³-hybridized carbons (Fsp3) is 0.462. The Morgan fingerprint density at radius 3 is 2.88 bits per heavy atom. The van der Waals surface area contributed by atoms with Gasteiger partial charge in [0.2, 0.25) is 0 Å². The fourth-order valence-corrected chi connectivity index (χ4v) is 1.97. The predicted molar refractivity (Wildman–Crippen MR) is 63.6 cm³/mol. The molecule has 0 atom stereocenters. The van der Waals surface area contributed by atoms with Gasteiger partial charge in [-0.15, -0.1) is 0 Å². The summed E-state index contributed by atoms with van der Waals surface area (Å²) in [7, 11) is 0. The van der Waals surface area contributed by atoms with Gasteiger partial charge in [-0.25, -0.2) is 0 Å². The van der Waals surface area contributed by atoms with Crippen LogP contribution < -0.4 is 4.74 Å². The van der Waals surface area contributed by atoms with Crippen molar-refractivity contribution in [1.29, 1.82) is 5.26 Å². The minimum absolute atomic E-state index is 0.348. The summed E-state index contributed by atoms with van der Waals surface area (Å²) in [6, 6.07) is 7.59. The highest BCUT2D eigenvalue weighted by molar-refractivity contribution is 6.30. The summed E-state index contributed by atoms with van der Waals surface area (Å²) >= 11 is 5.89. The van der Waals surface area contributed by atoms with Crippen molar-refractivity contribution in [2.75, 3.05) is 6.61 Å². The molecule has 1 saturated carbocycles. The predicted octanol–water partition coefficient (Wildman–Crippen LogP) is 3.58. The zero-order valence-corrected chi connectivity index (χ0v) is 9.83. The topological polar surface area (TPSA) is 33.0 Å². The first-order chi connectivity index (χ1) is 7.79. The van der Waals surface area contributed by atoms with Crippen molar-refractivity contribution in [3.8, 4) is 11.8 Å². The standard InChI is InChI=1S/C13H14ClNO/c14-12-4-5-13(11(8-12)6-7-15)16-9-10-2-1-3-10/h4-5,8,10H,1-3,6,9H2. The van der Waals surface area contributed by atoms with E-state index in [0.29, 0.717) is 17.4 Å². The molecule has 1 aromatic rings. The summed E-state index contributed by atoms with van der Waals surface area (Å²) in [5.74, 6) is 1.50. The normalized spacial score (nSPS) is 15.2. The average Bonchev–Trinajstić information content (AvgIpc) is 2.19. The molecule has 0 radical (unpaired) electrons. The highest BCUT2D eigenvalue weighted by atomic mass is 35.5. The SMILES string of the molecule is N#CCc1cc(Cl)ccc1OCC1CCC1. The van der Waals surface area contributed by atoms with E-state index in [2.05, 4.69) is 6.07 Å². The lowest BCUT2D eigenvalue weighted by molar-refractivity contribution is 0.179. The zero-order chi connectivity index (χ0) is 11.4. The van der Waals surface area contributed by atoms with Gasteiger partial charge in [0.1, 0.15) is 5.75 Å². The molecule has 2 rings (SSSR count). The largest absolute Gasteiger partial charge is 0.493 e. The minimum atomic E-state index is 0.348. The van der Waals surface area contributed by atoms with Crippen LogP contribution in [-0.2, 0) is 6.42 Å². The lowest BCUT2D eigenvalue weighted by atomic mass is 9.86. The van der Waals surface area contributed by atoms with Gasteiger partial charge in [-0.05, 0) is 37.0 Å². The Morgan fingerprint density at radius 1 is 1.44 bits per heavy atom. The van der Waals surface area contributed by atoms with E-state index in [9.17, 15) is 0 Å². The molecule has 0 amide bonds. The molecule has 0 unspecified atom stereocenters. The lowest BCUT2D eigenvalue weighted by Gasteiger charge is -2.25. The van der Waals surface area contributed by atoms with Gasteiger partial charge >= 0.3 is 0 Å². The van der Waals surface area contributed by atoms with E-state index in [4.69, 9.17) is 21.6 Å². The Balaban J connectivity index is 2.03. The summed E-state index contributed by atoms with van der Waals surface area (Å²) in [5.41, 5.74) is 0.884. The molecule has 1 aromatic carbocycles. The second-order valence-electron chi connectivity index (χ2n) is 4.19. The molecule has 0 N–H and O–H groups in total. The number of benzene rings is 1. The van der Waals surface area contributed by atoms with Crippen LogP contribution in [0.2, 0.25) is 5.02 Å². The van der Waals surface area contributed by atoms with Crippen molar-refractivity contribution in [2.45, 2.75) is 25.7 Å². The monoisotopic (exact) mass is 235 g/mol. The van der Waals surface area contributed by atoms with E-state index in [1.54, 1.807) is 12.1 Å². The van der Waals surface area contributed by atoms with Crippen LogP contribution in [0.1, 0.15) is 24.8 Å². The molecule has 0 bridgehead atoms. The summed E-state index contributed by atoms with van der Waals surface area (Å²) in [5, 5.41) is 9.38. The van der Waals surface area contributed by atoms with Crippen LogP contribution in [0.3, 0.4) is 0 Å². The van der Waals surface area contributed by atoms with Gasteiger partial charge in [-0.1, -0.05) is 18.0 Å². The first-order valence-electron chi connectivity index (χ1n) is 5.58. The van der Waals surface area contributed by atoms with Gasteiger partial charge in [-0.3, -0.25) is 0 Å². The molecule has 84 valence electrons. The Hall–Kier alpha value is -1.20. The van der Waals surface area contributed by atoms with Crippen molar-refractivity contribution in [2.24, 2.45) is 5.92 Å². The fourth-order valence-electron chi connectivity index (χ4n) is 1.78. The maximum absolute atomic E-state index is 8.72. The molecule has 1 aliphatic rings. The van der Waals surface area contributed by atoms with E-state index in [0.717, 1.165) is 17.9 Å². The molecule has 0 aliphatic heterocycles. The molecule has 0 aromatic heterocycles. The molecule has 0 heterocycles. The number of rotatable bonds is 4. The average molecular weight is 236 g/mol. The van der Waals surface area contributed by atoms with Gasteiger partial charge in [0.25, 0.3) is 0 Å². The van der Waals surface area contributed by atoms with E-state index < -0.39 is 0 Å².